The molecular formula is C15H14ClN3O2. The van der Waals surface area contributed by atoms with Crippen molar-refractivity contribution in [2.75, 3.05) is 21.2 Å². The molecule has 1 N–H and O–H groups in total. The summed E-state index contributed by atoms with van der Waals surface area (Å²) in [5, 5.41) is 10.3. The van der Waals surface area contributed by atoms with Gasteiger partial charge < -0.3 is 14.6 Å². The van der Waals surface area contributed by atoms with Crippen LogP contribution in [0, 0.1) is 11.3 Å². The van der Waals surface area contributed by atoms with Crippen molar-refractivity contribution in [3.8, 4) is 11.8 Å². The first-order chi connectivity index (χ1) is 9.96. The number of hydrogen-bond acceptors (Lipinski definition) is 4. The van der Waals surface area contributed by atoms with Crippen LogP contribution in [0.3, 0.4) is 0 Å². The molecular weight excluding hydrogens is 290 g/mol. The van der Waals surface area contributed by atoms with Crippen LogP contribution in [0.25, 0.3) is 10.9 Å². The number of benzene rings is 1. The molecule has 0 atom stereocenters. The molecule has 0 saturated carbocycles. The van der Waals surface area contributed by atoms with Gasteiger partial charge in [0.15, 0.2) is 0 Å². The third-order valence-corrected chi connectivity index (χ3v) is 3.19. The van der Waals surface area contributed by atoms with Gasteiger partial charge in [-0.3, -0.25) is 4.79 Å². The summed E-state index contributed by atoms with van der Waals surface area (Å²) < 4.78 is 5.14. The smallest absolute Gasteiger partial charge is 0.221 e. The number of nitrogens with one attached hydrogen (secondary N) is 1. The van der Waals surface area contributed by atoms with Crippen LogP contribution in [-0.4, -0.2) is 36.9 Å². The minimum absolute atomic E-state index is 0.0598. The maximum Gasteiger partial charge on any atom is 0.221 e. The molecule has 1 heterocycles. The summed E-state index contributed by atoms with van der Waals surface area (Å²) in [6.45, 7) is 0. The first-order valence-electron chi connectivity index (χ1n) is 6.15. The predicted octanol–water partition coefficient (Wildman–Crippen LogP) is 2.98. The molecule has 0 aliphatic rings. The fourth-order valence-corrected chi connectivity index (χ4v) is 2.20. The minimum Gasteiger partial charge on any atom is -0.495 e. The molecule has 108 valence electrons. The summed E-state index contributed by atoms with van der Waals surface area (Å²) in [6, 6.07) is 7.01. The maximum atomic E-state index is 12.3. The number of hydrogen-bond donors (Lipinski definition) is 1. The fourth-order valence-electron chi connectivity index (χ4n) is 1.95. The molecule has 0 aliphatic carbocycles. The lowest BCUT2D eigenvalue weighted by molar-refractivity contribution is 0.103. The molecule has 0 amide bonds. The van der Waals surface area contributed by atoms with E-state index in [4.69, 9.17) is 21.6 Å². The first kappa shape index (κ1) is 14.9. The average Bonchev–Trinajstić information content (AvgIpc) is 2.85. The molecule has 0 bridgehead atoms. The van der Waals surface area contributed by atoms with Gasteiger partial charge in [0.1, 0.15) is 17.4 Å². The van der Waals surface area contributed by atoms with E-state index in [0.29, 0.717) is 16.5 Å². The monoisotopic (exact) mass is 303 g/mol. The van der Waals surface area contributed by atoms with Crippen molar-refractivity contribution in [3.05, 3.63) is 40.7 Å². The summed E-state index contributed by atoms with van der Waals surface area (Å²) in [4.78, 5) is 16.9. The van der Waals surface area contributed by atoms with Crippen molar-refractivity contribution in [1.29, 1.82) is 5.26 Å². The van der Waals surface area contributed by atoms with E-state index in [9.17, 15) is 4.79 Å². The largest absolute Gasteiger partial charge is 0.495 e. The first-order valence-corrected chi connectivity index (χ1v) is 6.53. The van der Waals surface area contributed by atoms with Crippen LogP contribution in [0.15, 0.2) is 30.0 Å². The second-order valence-electron chi connectivity index (χ2n) is 4.70. The van der Waals surface area contributed by atoms with Gasteiger partial charge in [-0.1, -0.05) is 11.6 Å². The highest BCUT2D eigenvalue weighted by Gasteiger charge is 2.16. The van der Waals surface area contributed by atoms with Crippen molar-refractivity contribution >= 4 is 28.3 Å². The van der Waals surface area contributed by atoms with E-state index in [0.717, 1.165) is 10.9 Å². The third-order valence-electron chi connectivity index (χ3n) is 2.89. The number of aromatic nitrogens is 1. The van der Waals surface area contributed by atoms with Crippen LogP contribution in [-0.2, 0) is 0 Å². The van der Waals surface area contributed by atoms with E-state index in [1.54, 1.807) is 37.2 Å². The number of nitrogens with zero attached hydrogens (tertiary/aromatic N) is 2. The number of ether oxygens (including phenoxy) is 1. The number of fused-ring (bicyclic) bond motifs is 1. The molecule has 1 aromatic carbocycles. The molecule has 2 rings (SSSR count). The standard InChI is InChI=1S/C15H14ClN3O2/c1-19(2)8-10(7-17)15(20)13-5-9-4-11(16)14(21-3)6-12(9)18-13/h4-6,8,18H,1-3H3. The Balaban J connectivity index is 2.48. The highest BCUT2D eigenvalue weighted by atomic mass is 35.5. The van der Waals surface area contributed by atoms with Crippen molar-refractivity contribution < 1.29 is 9.53 Å². The Labute approximate surface area is 127 Å². The molecule has 1 aromatic heterocycles. The number of ketones is 1. The Morgan fingerprint density at radius 2 is 2.14 bits per heavy atom. The van der Waals surface area contributed by atoms with Gasteiger partial charge in [-0.25, -0.2) is 0 Å². The van der Waals surface area contributed by atoms with Crippen LogP contribution < -0.4 is 4.74 Å². The van der Waals surface area contributed by atoms with E-state index in [1.165, 1.54) is 13.3 Å². The average molecular weight is 304 g/mol. The summed E-state index contributed by atoms with van der Waals surface area (Å²) in [5.74, 6) is 0.159. The number of nitriles is 1. The van der Waals surface area contributed by atoms with Crippen molar-refractivity contribution in [2.24, 2.45) is 0 Å². The molecule has 0 unspecified atom stereocenters. The van der Waals surface area contributed by atoms with Crippen LogP contribution >= 0.6 is 11.6 Å². The quantitative estimate of drug-likeness (QED) is 0.535. The number of aromatic amines is 1. The van der Waals surface area contributed by atoms with E-state index >= 15 is 0 Å². The highest BCUT2D eigenvalue weighted by molar-refractivity contribution is 6.33. The van der Waals surface area contributed by atoms with E-state index in [2.05, 4.69) is 4.98 Å². The Morgan fingerprint density at radius 3 is 2.71 bits per heavy atom. The fraction of sp³-hybridized carbons (Fsp3) is 0.200. The molecule has 0 aliphatic heterocycles. The van der Waals surface area contributed by atoms with Gasteiger partial charge >= 0.3 is 0 Å². The van der Waals surface area contributed by atoms with E-state index in [-0.39, 0.29) is 11.4 Å². The minimum atomic E-state index is -0.363. The molecule has 6 heteroatoms. The maximum absolute atomic E-state index is 12.3. The normalized spacial score (nSPS) is 11.3. The van der Waals surface area contributed by atoms with Gasteiger partial charge in [0.2, 0.25) is 5.78 Å². The SMILES string of the molecule is COc1cc2[nH]c(C(=O)C(C#N)=CN(C)C)cc2cc1Cl. The zero-order chi connectivity index (χ0) is 15.6. The molecule has 5 nitrogen and oxygen atoms in total. The summed E-state index contributed by atoms with van der Waals surface area (Å²) in [7, 11) is 5.02. The molecule has 2 aromatic rings. The zero-order valence-corrected chi connectivity index (χ0v) is 12.7. The number of carbonyl (C=O) groups is 1. The topological polar surface area (TPSA) is 69.1 Å². The molecule has 21 heavy (non-hydrogen) atoms. The number of rotatable bonds is 4. The number of halogens is 1. The Bertz CT molecular complexity index is 769. The van der Waals surface area contributed by atoms with Crippen molar-refractivity contribution in [2.45, 2.75) is 0 Å². The van der Waals surface area contributed by atoms with Crippen LogP contribution in [0.5, 0.6) is 5.75 Å². The van der Waals surface area contributed by atoms with E-state index in [1.807, 2.05) is 6.07 Å². The summed E-state index contributed by atoms with van der Waals surface area (Å²) in [5.41, 5.74) is 1.12. The number of methoxy groups -OCH3 is 1. The number of H-pyrrole nitrogens is 1. The molecule has 0 fully saturated rings. The zero-order valence-electron chi connectivity index (χ0n) is 11.9. The number of carbonyl (C=O) groups excluding carboxylic acids is 1. The lowest BCUT2D eigenvalue weighted by atomic mass is 10.1. The summed E-state index contributed by atoms with van der Waals surface area (Å²) in [6.07, 6.45) is 1.49. The van der Waals surface area contributed by atoms with Crippen LogP contribution in [0.2, 0.25) is 5.02 Å². The predicted molar refractivity (Wildman–Crippen MR) is 81.6 cm³/mol. The molecule has 0 spiro atoms. The lowest BCUT2D eigenvalue weighted by Gasteiger charge is -2.04. The van der Waals surface area contributed by atoms with Crippen LogP contribution in [0.1, 0.15) is 10.5 Å². The van der Waals surface area contributed by atoms with Gasteiger partial charge in [-0.15, -0.1) is 0 Å². The second-order valence-corrected chi connectivity index (χ2v) is 5.11. The highest BCUT2D eigenvalue weighted by Crippen LogP contribution is 2.30. The van der Waals surface area contributed by atoms with Gasteiger partial charge in [-0.05, 0) is 12.1 Å². The number of Topliss-reactive ketones (excluding diaryl/α,β-unsaturated/α-hetero) is 1. The molecule has 0 saturated heterocycles. The van der Waals surface area contributed by atoms with Crippen molar-refractivity contribution in [1.82, 2.24) is 9.88 Å². The lowest BCUT2D eigenvalue weighted by Crippen LogP contribution is -2.09. The van der Waals surface area contributed by atoms with Gasteiger partial charge in [0.25, 0.3) is 0 Å². The van der Waals surface area contributed by atoms with Crippen LogP contribution in [0.4, 0.5) is 0 Å². The molecule has 0 radical (unpaired) electrons. The summed E-state index contributed by atoms with van der Waals surface area (Å²) >= 11 is 6.06. The Morgan fingerprint density at radius 1 is 1.43 bits per heavy atom. The van der Waals surface area contributed by atoms with Crippen molar-refractivity contribution in [3.63, 3.8) is 0 Å². The number of allylic oxidation sites excluding steroid dienone is 1. The van der Waals surface area contributed by atoms with E-state index < -0.39 is 0 Å². The Hall–Kier alpha value is -2.45. The van der Waals surface area contributed by atoms with Gasteiger partial charge in [0, 0.05) is 37.3 Å². The van der Waals surface area contributed by atoms with Gasteiger partial charge in [-0.2, -0.15) is 5.26 Å². The Kier molecular flexibility index (Phi) is 4.20. The van der Waals surface area contributed by atoms with Gasteiger partial charge in [0.05, 0.1) is 17.8 Å². The second kappa shape index (κ2) is 5.90. The third kappa shape index (κ3) is 3.01.